The van der Waals surface area contributed by atoms with Gasteiger partial charge in [0.05, 0.1) is 5.69 Å². The fourth-order valence-electron chi connectivity index (χ4n) is 1.35. The summed E-state index contributed by atoms with van der Waals surface area (Å²) in [6.45, 7) is 0.395. The quantitative estimate of drug-likeness (QED) is 0.454. The van der Waals surface area contributed by atoms with E-state index in [-0.39, 0.29) is 0 Å². The SMILES string of the molecule is [N-]=[N+]=Nc1ccccc1OCc1cccnc1. The van der Waals surface area contributed by atoms with Gasteiger partial charge in [-0.15, -0.1) is 0 Å². The Morgan fingerprint density at radius 2 is 2.12 bits per heavy atom. The predicted octanol–water partition coefficient (Wildman–Crippen LogP) is 3.60. The van der Waals surface area contributed by atoms with Crippen LogP contribution in [-0.4, -0.2) is 4.98 Å². The number of ether oxygens (including phenoxy) is 1. The van der Waals surface area contributed by atoms with E-state index >= 15 is 0 Å². The van der Waals surface area contributed by atoms with Gasteiger partial charge in [0.25, 0.3) is 0 Å². The van der Waals surface area contributed by atoms with Crippen LogP contribution in [0.2, 0.25) is 0 Å². The maximum Gasteiger partial charge on any atom is 0.129 e. The molecular formula is C12H10N4O. The van der Waals surface area contributed by atoms with Crippen molar-refractivity contribution in [3.8, 4) is 5.75 Å². The monoisotopic (exact) mass is 226 g/mol. The summed E-state index contributed by atoms with van der Waals surface area (Å²) in [7, 11) is 0. The second-order valence-electron chi connectivity index (χ2n) is 3.31. The van der Waals surface area contributed by atoms with Crippen LogP contribution >= 0.6 is 0 Å². The Bertz CT molecular complexity index is 535. The maximum absolute atomic E-state index is 8.42. The number of nitrogens with zero attached hydrogens (tertiary/aromatic N) is 4. The van der Waals surface area contributed by atoms with Crippen LogP contribution in [0.3, 0.4) is 0 Å². The van der Waals surface area contributed by atoms with Crippen LogP contribution in [0, 0.1) is 0 Å². The highest BCUT2D eigenvalue weighted by Crippen LogP contribution is 2.27. The number of benzene rings is 1. The van der Waals surface area contributed by atoms with Gasteiger partial charge in [-0.05, 0) is 23.7 Å². The lowest BCUT2D eigenvalue weighted by Crippen LogP contribution is -1.95. The van der Waals surface area contributed by atoms with Crippen molar-refractivity contribution in [1.29, 1.82) is 0 Å². The second kappa shape index (κ2) is 5.53. The number of aromatic nitrogens is 1. The zero-order valence-electron chi connectivity index (χ0n) is 9.02. The third kappa shape index (κ3) is 2.96. The van der Waals surface area contributed by atoms with Gasteiger partial charge in [-0.2, -0.15) is 0 Å². The lowest BCUT2D eigenvalue weighted by molar-refractivity contribution is 0.307. The molecule has 1 aromatic heterocycles. The zero-order chi connectivity index (χ0) is 11.9. The second-order valence-corrected chi connectivity index (χ2v) is 3.31. The highest BCUT2D eigenvalue weighted by atomic mass is 16.5. The first-order chi connectivity index (χ1) is 8.40. The van der Waals surface area contributed by atoms with Gasteiger partial charge in [-0.3, -0.25) is 4.98 Å². The van der Waals surface area contributed by atoms with Crippen molar-refractivity contribution in [2.45, 2.75) is 6.61 Å². The third-order valence-corrected chi connectivity index (χ3v) is 2.13. The Morgan fingerprint density at radius 1 is 1.24 bits per heavy atom. The Kier molecular flexibility index (Phi) is 3.57. The molecule has 17 heavy (non-hydrogen) atoms. The normalized spacial score (nSPS) is 9.41. The van der Waals surface area contributed by atoms with Crippen molar-refractivity contribution in [2.75, 3.05) is 0 Å². The van der Waals surface area contributed by atoms with Gasteiger partial charge < -0.3 is 4.74 Å². The summed E-state index contributed by atoms with van der Waals surface area (Å²) in [4.78, 5) is 6.75. The maximum atomic E-state index is 8.42. The first-order valence-corrected chi connectivity index (χ1v) is 5.06. The van der Waals surface area contributed by atoms with Crippen LogP contribution in [0.5, 0.6) is 5.75 Å². The topological polar surface area (TPSA) is 70.9 Å². The number of hydrogen-bond acceptors (Lipinski definition) is 3. The van der Waals surface area contributed by atoms with Crippen molar-refractivity contribution in [3.05, 3.63) is 64.8 Å². The van der Waals surface area contributed by atoms with E-state index in [1.165, 1.54) is 0 Å². The lowest BCUT2D eigenvalue weighted by atomic mass is 10.3. The molecule has 0 unspecified atom stereocenters. The molecule has 0 aliphatic heterocycles. The molecule has 2 rings (SSSR count). The molecule has 0 N–H and O–H groups in total. The van der Waals surface area contributed by atoms with E-state index in [2.05, 4.69) is 15.0 Å². The first kappa shape index (κ1) is 11.0. The summed E-state index contributed by atoms with van der Waals surface area (Å²) in [5.41, 5.74) is 9.87. The average Bonchev–Trinajstić information content (AvgIpc) is 2.39. The van der Waals surface area contributed by atoms with E-state index in [4.69, 9.17) is 10.3 Å². The molecule has 0 atom stereocenters. The minimum Gasteiger partial charge on any atom is -0.488 e. The summed E-state index contributed by atoms with van der Waals surface area (Å²) in [5.74, 6) is 0.564. The van der Waals surface area contributed by atoms with Crippen molar-refractivity contribution < 1.29 is 4.74 Å². The summed E-state index contributed by atoms with van der Waals surface area (Å²) in [5, 5.41) is 3.56. The molecular weight excluding hydrogens is 216 g/mol. The highest BCUT2D eigenvalue weighted by molar-refractivity contribution is 5.51. The van der Waals surface area contributed by atoms with Gasteiger partial charge in [0.15, 0.2) is 0 Å². The van der Waals surface area contributed by atoms with Gasteiger partial charge in [0, 0.05) is 22.9 Å². The van der Waals surface area contributed by atoms with E-state index in [9.17, 15) is 0 Å². The molecule has 0 radical (unpaired) electrons. The van der Waals surface area contributed by atoms with E-state index in [0.29, 0.717) is 18.0 Å². The molecule has 5 heteroatoms. The summed E-state index contributed by atoms with van der Waals surface area (Å²) >= 11 is 0. The Hall–Kier alpha value is -2.52. The van der Waals surface area contributed by atoms with Crippen LogP contribution in [-0.2, 0) is 6.61 Å². The third-order valence-electron chi connectivity index (χ3n) is 2.13. The average molecular weight is 226 g/mol. The van der Waals surface area contributed by atoms with Gasteiger partial charge in [0.1, 0.15) is 12.4 Å². The number of azide groups is 1. The molecule has 0 spiro atoms. The molecule has 0 aliphatic rings. The van der Waals surface area contributed by atoms with Crippen LogP contribution < -0.4 is 4.74 Å². The van der Waals surface area contributed by atoms with Gasteiger partial charge in [-0.25, -0.2) is 0 Å². The van der Waals surface area contributed by atoms with E-state index < -0.39 is 0 Å². The predicted molar refractivity (Wildman–Crippen MR) is 63.8 cm³/mol. The molecule has 0 saturated carbocycles. The van der Waals surface area contributed by atoms with E-state index in [1.807, 2.05) is 18.2 Å². The molecule has 0 aliphatic carbocycles. The number of hydrogen-bond donors (Lipinski definition) is 0. The molecule has 0 saturated heterocycles. The number of para-hydroxylation sites is 1. The molecule has 84 valence electrons. The van der Waals surface area contributed by atoms with Gasteiger partial charge >= 0.3 is 0 Å². The van der Waals surface area contributed by atoms with Gasteiger partial charge in [0.2, 0.25) is 0 Å². The zero-order valence-corrected chi connectivity index (χ0v) is 9.02. The standard InChI is InChI=1S/C12H10N4O/c13-16-15-11-5-1-2-6-12(11)17-9-10-4-3-7-14-8-10/h1-8H,9H2. The summed E-state index contributed by atoms with van der Waals surface area (Å²) < 4.78 is 5.57. The summed E-state index contributed by atoms with van der Waals surface area (Å²) in [6, 6.07) is 10.9. The number of pyridine rings is 1. The fourth-order valence-corrected chi connectivity index (χ4v) is 1.35. The Morgan fingerprint density at radius 3 is 2.88 bits per heavy atom. The van der Waals surface area contributed by atoms with Gasteiger partial charge in [-0.1, -0.05) is 23.3 Å². The van der Waals surface area contributed by atoms with Crippen LogP contribution in [0.25, 0.3) is 10.4 Å². The van der Waals surface area contributed by atoms with Crippen LogP contribution in [0.4, 0.5) is 5.69 Å². The van der Waals surface area contributed by atoms with Crippen molar-refractivity contribution >= 4 is 5.69 Å². The number of rotatable bonds is 4. The molecule has 2 aromatic rings. The smallest absolute Gasteiger partial charge is 0.129 e. The van der Waals surface area contributed by atoms with Crippen molar-refractivity contribution in [1.82, 2.24) is 4.98 Å². The van der Waals surface area contributed by atoms with Crippen LogP contribution in [0.15, 0.2) is 53.9 Å². The van der Waals surface area contributed by atoms with Crippen molar-refractivity contribution in [3.63, 3.8) is 0 Å². The summed E-state index contributed by atoms with van der Waals surface area (Å²) in [6.07, 6.45) is 3.44. The minimum atomic E-state index is 0.395. The molecule has 0 bridgehead atoms. The molecule has 1 heterocycles. The Balaban J connectivity index is 2.11. The molecule has 0 amide bonds. The first-order valence-electron chi connectivity index (χ1n) is 5.06. The molecule has 5 nitrogen and oxygen atoms in total. The van der Waals surface area contributed by atoms with E-state index in [1.54, 1.807) is 30.6 Å². The van der Waals surface area contributed by atoms with Crippen LogP contribution in [0.1, 0.15) is 5.56 Å². The largest absolute Gasteiger partial charge is 0.488 e. The fraction of sp³-hybridized carbons (Fsp3) is 0.0833. The molecule has 0 fully saturated rings. The highest BCUT2D eigenvalue weighted by Gasteiger charge is 2.00. The Labute approximate surface area is 98.3 Å². The lowest BCUT2D eigenvalue weighted by Gasteiger charge is -2.07. The minimum absolute atomic E-state index is 0.395. The molecule has 1 aromatic carbocycles. The van der Waals surface area contributed by atoms with E-state index in [0.717, 1.165) is 5.56 Å². The van der Waals surface area contributed by atoms with Crippen molar-refractivity contribution in [2.24, 2.45) is 5.11 Å².